The molecule has 0 fully saturated rings. The number of carbonyl (C=O) groups excluding carboxylic acids is 1. The highest BCUT2D eigenvalue weighted by atomic mass is 79.9. The molecule has 1 atom stereocenters. The van der Waals surface area contributed by atoms with Crippen molar-refractivity contribution in [2.45, 2.75) is 38.3 Å². The molecule has 9 heteroatoms. The maximum Gasteiger partial charge on any atom is 0.270 e. The van der Waals surface area contributed by atoms with Crippen LogP contribution >= 0.6 is 15.9 Å². The zero-order chi connectivity index (χ0) is 20.4. The van der Waals surface area contributed by atoms with Crippen LogP contribution in [-0.4, -0.2) is 30.4 Å². The molecular formula is C20H19BrN6O2. The van der Waals surface area contributed by atoms with E-state index in [0.29, 0.717) is 40.5 Å². The summed E-state index contributed by atoms with van der Waals surface area (Å²) in [4.78, 5) is 42.8. The Hall–Kier alpha value is -2.94. The lowest BCUT2D eigenvalue weighted by Gasteiger charge is -2.30. The van der Waals surface area contributed by atoms with E-state index in [1.54, 1.807) is 35.0 Å². The number of pyridine rings is 1. The van der Waals surface area contributed by atoms with Crippen LogP contribution in [0.2, 0.25) is 0 Å². The third-order valence-electron chi connectivity index (χ3n) is 4.99. The van der Waals surface area contributed by atoms with Crippen molar-refractivity contribution in [1.82, 2.24) is 29.8 Å². The van der Waals surface area contributed by atoms with Crippen molar-refractivity contribution in [1.29, 1.82) is 0 Å². The van der Waals surface area contributed by atoms with Crippen LogP contribution in [0.5, 0.6) is 0 Å². The van der Waals surface area contributed by atoms with Crippen molar-refractivity contribution in [3.05, 3.63) is 69.3 Å². The van der Waals surface area contributed by atoms with Gasteiger partial charge in [-0.2, -0.15) is 0 Å². The predicted octanol–water partition coefficient (Wildman–Crippen LogP) is 2.69. The Labute approximate surface area is 175 Å². The molecule has 148 valence electrons. The Balaban J connectivity index is 1.78. The zero-order valence-corrected chi connectivity index (χ0v) is 17.4. The van der Waals surface area contributed by atoms with Gasteiger partial charge >= 0.3 is 0 Å². The van der Waals surface area contributed by atoms with Crippen molar-refractivity contribution < 1.29 is 4.79 Å². The third kappa shape index (κ3) is 3.95. The van der Waals surface area contributed by atoms with Gasteiger partial charge in [0.25, 0.3) is 11.5 Å². The first kappa shape index (κ1) is 19.4. The fourth-order valence-corrected chi connectivity index (χ4v) is 3.89. The smallest absolute Gasteiger partial charge is 0.270 e. The first-order valence-electron chi connectivity index (χ1n) is 9.30. The van der Waals surface area contributed by atoms with Gasteiger partial charge < -0.3 is 5.32 Å². The maximum absolute atomic E-state index is 12.9. The van der Waals surface area contributed by atoms with Crippen LogP contribution in [0.15, 0.2) is 52.3 Å². The Kier molecular flexibility index (Phi) is 5.23. The average molecular weight is 455 g/mol. The molecule has 0 radical (unpaired) electrons. The van der Waals surface area contributed by atoms with Gasteiger partial charge in [0.15, 0.2) is 0 Å². The number of fused-ring (bicyclic) bond motifs is 1. The Morgan fingerprint density at radius 3 is 2.83 bits per heavy atom. The molecule has 0 saturated heterocycles. The Bertz CT molecular complexity index is 1120. The molecule has 0 aromatic carbocycles. The monoisotopic (exact) mass is 454 g/mol. The maximum atomic E-state index is 12.9. The van der Waals surface area contributed by atoms with Gasteiger partial charge in [0.05, 0.1) is 16.9 Å². The molecular weight excluding hydrogens is 436 g/mol. The molecule has 0 saturated carbocycles. The number of aromatic nitrogens is 5. The summed E-state index contributed by atoms with van der Waals surface area (Å²) < 4.78 is 2.23. The van der Waals surface area contributed by atoms with Gasteiger partial charge in [-0.05, 0) is 60.3 Å². The highest BCUT2D eigenvalue weighted by Crippen LogP contribution is 2.30. The molecule has 4 heterocycles. The van der Waals surface area contributed by atoms with Gasteiger partial charge in [0.2, 0.25) is 0 Å². The summed E-state index contributed by atoms with van der Waals surface area (Å²) in [6, 6.07) is 8.35. The normalized spacial score (nSPS) is 18.6. The largest absolute Gasteiger partial charge is 0.338 e. The molecule has 4 rings (SSSR count). The van der Waals surface area contributed by atoms with Gasteiger partial charge in [-0.15, -0.1) is 0 Å². The summed E-state index contributed by atoms with van der Waals surface area (Å²) in [5, 5.41) is 3.06. The Morgan fingerprint density at radius 1 is 1.21 bits per heavy atom. The number of halogens is 1. The Morgan fingerprint density at radius 2 is 2.07 bits per heavy atom. The average Bonchev–Trinajstić information content (AvgIpc) is 2.88. The van der Waals surface area contributed by atoms with E-state index in [1.165, 1.54) is 12.4 Å². The van der Waals surface area contributed by atoms with E-state index in [4.69, 9.17) is 4.98 Å². The first-order chi connectivity index (χ1) is 14.0. The van der Waals surface area contributed by atoms with Crippen molar-refractivity contribution in [3.8, 4) is 11.4 Å². The van der Waals surface area contributed by atoms with Crippen molar-refractivity contribution >= 4 is 21.8 Å². The molecule has 3 aromatic rings. The van der Waals surface area contributed by atoms with Crippen molar-refractivity contribution in [2.75, 3.05) is 0 Å². The van der Waals surface area contributed by atoms with Gasteiger partial charge in [0.1, 0.15) is 22.4 Å². The highest BCUT2D eigenvalue weighted by molar-refractivity contribution is 9.10. The molecule has 1 aliphatic heterocycles. The van der Waals surface area contributed by atoms with Gasteiger partial charge in [-0.3, -0.25) is 14.2 Å². The van der Waals surface area contributed by atoms with Crippen molar-refractivity contribution in [3.63, 3.8) is 0 Å². The fourth-order valence-electron chi connectivity index (χ4n) is 3.54. The van der Waals surface area contributed by atoms with E-state index in [2.05, 4.69) is 36.2 Å². The van der Waals surface area contributed by atoms with E-state index in [9.17, 15) is 9.59 Å². The second kappa shape index (κ2) is 7.82. The van der Waals surface area contributed by atoms with Gasteiger partial charge in [0, 0.05) is 18.8 Å². The number of nitrogens with one attached hydrogen (secondary N) is 1. The molecule has 0 bridgehead atoms. The highest BCUT2D eigenvalue weighted by Gasteiger charge is 2.35. The van der Waals surface area contributed by atoms with Crippen LogP contribution in [0.4, 0.5) is 0 Å². The molecule has 0 spiro atoms. The summed E-state index contributed by atoms with van der Waals surface area (Å²) >= 11 is 3.29. The van der Waals surface area contributed by atoms with Crippen LogP contribution in [0.1, 0.15) is 42.5 Å². The molecule has 1 unspecified atom stereocenters. The number of amides is 1. The van der Waals surface area contributed by atoms with Crippen LogP contribution in [0.25, 0.3) is 11.4 Å². The van der Waals surface area contributed by atoms with Crippen molar-refractivity contribution in [2.24, 2.45) is 0 Å². The third-order valence-corrected chi connectivity index (χ3v) is 5.43. The summed E-state index contributed by atoms with van der Waals surface area (Å²) in [7, 11) is 0. The standard InChI is InChI=1S/C20H19BrN6O2/c1-20(26-18(29)14-5-4-6-16(21)24-14)8-2-3-10-27-17(28)11-15(25-19(20)27)13-7-9-22-12-23-13/h4-7,9,11-12H,2-3,8,10H2,1H3,(H,26,29). The number of carbonyl (C=O) groups is 1. The number of nitrogens with zero attached hydrogens (tertiary/aromatic N) is 5. The number of hydrogen-bond acceptors (Lipinski definition) is 6. The summed E-state index contributed by atoms with van der Waals surface area (Å²) in [6.07, 6.45) is 5.37. The molecule has 3 aromatic heterocycles. The molecule has 1 aliphatic rings. The minimum atomic E-state index is -0.820. The minimum absolute atomic E-state index is 0.161. The first-order valence-corrected chi connectivity index (χ1v) is 10.1. The summed E-state index contributed by atoms with van der Waals surface area (Å²) in [5.41, 5.74) is 0.343. The number of hydrogen-bond donors (Lipinski definition) is 1. The zero-order valence-electron chi connectivity index (χ0n) is 15.8. The molecule has 0 aliphatic carbocycles. The van der Waals surface area contributed by atoms with Crippen LogP contribution < -0.4 is 10.9 Å². The lowest BCUT2D eigenvalue weighted by Crippen LogP contribution is -2.47. The van der Waals surface area contributed by atoms with Crippen LogP contribution in [0, 0.1) is 0 Å². The van der Waals surface area contributed by atoms with Crippen LogP contribution in [-0.2, 0) is 12.1 Å². The van der Waals surface area contributed by atoms with E-state index in [-0.39, 0.29) is 11.5 Å². The molecule has 29 heavy (non-hydrogen) atoms. The van der Waals surface area contributed by atoms with Gasteiger partial charge in [-0.1, -0.05) is 6.07 Å². The quantitative estimate of drug-likeness (QED) is 0.610. The second-order valence-corrected chi connectivity index (χ2v) is 7.95. The summed E-state index contributed by atoms with van der Waals surface area (Å²) in [6.45, 7) is 2.46. The van der Waals surface area contributed by atoms with E-state index >= 15 is 0 Å². The van der Waals surface area contributed by atoms with E-state index in [0.717, 1.165) is 12.8 Å². The van der Waals surface area contributed by atoms with E-state index < -0.39 is 5.54 Å². The summed E-state index contributed by atoms with van der Waals surface area (Å²) in [5.74, 6) is 0.211. The molecule has 1 N–H and O–H groups in total. The van der Waals surface area contributed by atoms with E-state index in [1.807, 2.05) is 6.92 Å². The fraction of sp³-hybridized carbons (Fsp3) is 0.300. The lowest BCUT2D eigenvalue weighted by atomic mass is 9.94. The lowest BCUT2D eigenvalue weighted by molar-refractivity contribution is 0.0888. The molecule has 8 nitrogen and oxygen atoms in total. The predicted molar refractivity (Wildman–Crippen MR) is 110 cm³/mol. The second-order valence-electron chi connectivity index (χ2n) is 7.14. The number of rotatable bonds is 3. The van der Waals surface area contributed by atoms with Crippen LogP contribution in [0.3, 0.4) is 0 Å². The van der Waals surface area contributed by atoms with Gasteiger partial charge in [-0.25, -0.2) is 19.9 Å². The topological polar surface area (TPSA) is 103 Å². The minimum Gasteiger partial charge on any atom is -0.338 e. The molecule has 1 amide bonds. The SMILES string of the molecule is CC1(NC(=O)c2cccc(Br)n2)CCCCn2c1nc(-c1ccncn1)cc2=O.